The molecule has 0 amide bonds. The van der Waals surface area contributed by atoms with E-state index in [1.54, 1.807) is 6.08 Å². The monoisotopic (exact) mass is 182 g/mol. The first-order chi connectivity index (χ1) is 6.36. The summed E-state index contributed by atoms with van der Waals surface area (Å²) >= 11 is 0. The Morgan fingerprint density at radius 2 is 2.46 bits per heavy atom. The first-order valence-corrected chi connectivity index (χ1v) is 4.76. The van der Waals surface area contributed by atoms with Gasteiger partial charge >= 0.3 is 0 Å². The highest BCUT2D eigenvalue weighted by Crippen LogP contribution is 2.02. The summed E-state index contributed by atoms with van der Waals surface area (Å²) in [5, 5.41) is 6.27. The quantitative estimate of drug-likeness (QED) is 0.475. The highest BCUT2D eigenvalue weighted by atomic mass is 16.5. The lowest BCUT2D eigenvalue weighted by Crippen LogP contribution is -2.51. The van der Waals surface area contributed by atoms with Crippen LogP contribution in [-0.4, -0.2) is 25.4 Å². The van der Waals surface area contributed by atoms with Crippen molar-refractivity contribution in [3.8, 4) is 0 Å². The van der Waals surface area contributed by atoms with Crippen LogP contribution in [0.4, 0.5) is 0 Å². The van der Waals surface area contributed by atoms with Crippen LogP contribution in [0, 0.1) is 0 Å². The SMILES string of the molecule is C=C[C@H](N/C=C\CC)OC1CNC1. The van der Waals surface area contributed by atoms with Gasteiger partial charge in [0.15, 0.2) is 0 Å². The molecule has 0 aliphatic carbocycles. The van der Waals surface area contributed by atoms with E-state index in [1.165, 1.54) is 0 Å². The van der Waals surface area contributed by atoms with Gasteiger partial charge in [-0.25, -0.2) is 0 Å². The fourth-order valence-electron chi connectivity index (χ4n) is 1.01. The molecule has 1 aliphatic rings. The Balaban J connectivity index is 2.17. The van der Waals surface area contributed by atoms with Crippen LogP contribution >= 0.6 is 0 Å². The first kappa shape index (κ1) is 10.3. The number of nitrogens with one attached hydrogen (secondary N) is 2. The van der Waals surface area contributed by atoms with Crippen molar-refractivity contribution in [3.63, 3.8) is 0 Å². The molecule has 0 aromatic heterocycles. The van der Waals surface area contributed by atoms with Crippen LogP contribution in [0.1, 0.15) is 13.3 Å². The van der Waals surface area contributed by atoms with Crippen molar-refractivity contribution in [1.29, 1.82) is 0 Å². The molecule has 0 spiro atoms. The van der Waals surface area contributed by atoms with E-state index in [4.69, 9.17) is 4.74 Å². The molecule has 2 N–H and O–H groups in total. The van der Waals surface area contributed by atoms with Gasteiger partial charge in [-0.1, -0.05) is 19.6 Å². The van der Waals surface area contributed by atoms with E-state index in [0.717, 1.165) is 19.5 Å². The summed E-state index contributed by atoms with van der Waals surface area (Å²) in [6.45, 7) is 7.70. The third-order valence-electron chi connectivity index (χ3n) is 1.91. The maximum Gasteiger partial charge on any atom is 0.146 e. The predicted molar refractivity (Wildman–Crippen MR) is 54.3 cm³/mol. The lowest BCUT2D eigenvalue weighted by molar-refractivity contribution is -0.0239. The van der Waals surface area contributed by atoms with Crippen LogP contribution in [0.3, 0.4) is 0 Å². The standard InChI is InChI=1S/C10H18N2O/c1-3-5-6-12-10(4-2)13-9-7-11-8-9/h4-6,9-12H,2-3,7-8H2,1H3/b6-5-/t10-/m1/s1. The minimum Gasteiger partial charge on any atom is -0.363 e. The van der Waals surface area contributed by atoms with Gasteiger partial charge in [0, 0.05) is 13.1 Å². The smallest absolute Gasteiger partial charge is 0.146 e. The second-order valence-corrected chi connectivity index (χ2v) is 3.05. The van der Waals surface area contributed by atoms with Crippen molar-refractivity contribution in [2.24, 2.45) is 0 Å². The average Bonchev–Trinajstić information content (AvgIpc) is 2.08. The van der Waals surface area contributed by atoms with Gasteiger partial charge in [0.25, 0.3) is 0 Å². The Kier molecular flexibility index (Phi) is 4.57. The van der Waals surface area contributed by atoms with Crippen molar-refractivity contribution in [3.05, 3.63) is 24.9 Å². The van der Waals surface area contributed by atoms with Gasteiger partial charge in [0.2, 0.25) is 0 Å². The van der Waals surface area contributed by atoms with E-state index in [-0.39, 0.29) is 6.23 Å². The van der Waals surface area contributed by atoms with E-state index < -0.39 is 0 Å². The average molecular weight is 182 g/mol. The summed E-state index contributed by atoms with van der Waals surface area (Å²) in [5.74, 6) is 0. The minimum atomic E-state index is -0.0603. The summed E-state index contributed by atoms with van der Waals surface area (Å²) in [5.41, 5.74) is 0. The zero-order valence-corrected chi connectivity index (χ0v) is 8.12. The summed E-state index contributed by atoms with van der Waals surface area (Å²) in [6.07, 6.45) is 7.05. The topological polar surface area (TPSA) is 33.3 Å². The fraction of sp³-hybridized carbons (Fsp3) is 0.600. The summed E-state index contributed by atoms with van der Waals surface area (Å²) in [7, 11) is 0. The fourth-order valence-corrected chi connectivity index (χ4v) is 1.01. The zero-order valence-electron chi connectivity index (χ0n) is 8.12. The zero-order chi connectivity index (χ0) is 9.52. The van der Waals surface area contributed by atoms with E-state index in [9.17, 15) is 0 Å². The van der Waals surface area contributed by atoms with E-state index in [0.29, 0.717) is 6.10 Å². The molecule has 1 aliphatic heterocycles. The van der Waals surface area contributed by atoms with Gasteiger partial charge in [0.05, 0.1) is 6.10 Å². The van der Waals surface area contributed by atoms with Gasteiger partial charge in [-0.15, -0.1) is 0 Å². The van der Waals surface area contributed by atoms with E-state index in [1.807, 2.05) is 6.20 Å². The molecule has 1 fully saturated rings. The molecular formula is C10H18N2O. The van der Waals surface area contributed by atoms with Crippen LogP contribution in [0.15, 0.2) is 24.9 Å². The molecule has 74 valence electrons. The van der Waals surface area contributed by atoms with Crippen molar-refractivity contribution in [1.82, 2.24) is 10.6 Å². The summed E-state index contributed by atoms with van der Waals surface area (Å²) < 4.78 is 5.64. The summed E-state index contributed by atoms with van der Waals surface area (Å²) in [6, 6.07) is 0. The lowest BCUT2D eigenvalue weighted by atomic mass is 10.2. The molecule has 1 atom stereocenters. The molecular weight excluding hydrogens is 164 g/mol. The van der Waals surface area contributed by atoms with Gasteiger partial charge < -0.3 is 15.4 Å². The Labute approximate surface area is 79.9 Å². The molecule has 0 unspecified atom stereocenters. The van der Waals surface area contributed by atoms with Crippen LogP contribution in [-0.2, 0) is 4.74 Å². The highest BCUT2D eigenvalue weighted by Gasteiger charge is 2.19. The maximum absolute atomic E-state index is 5.64. The number of rotatable bonds is 6. The molecule has 1 saturated heterocycles. The number of hydrogen-bond donors (Lipinski definition) is 2. The van der Waals surface area contributed by atoms with E-state index in [2.05, 4.69) is 30.2 Å². The Morgan fingerprint density at radius 3 is 2.92 bits per heavy atom. The summed E-state index contributed by atoms with van der Waals surface area (Å²) in [4.78, 5) is 0. The minimum absolute atomic E-state index is 0.0603. The third-order valence-corrected chi connectivity index (χ3v) is 1.91. The molecule has 0 aromatic carbocycles. The largest absolute Gasteiger partial charge is 0.363 e. The Hall–Kier alpha value is -0.800. The highest BCUT2D eigenvalue weighted by molar-refractivity contribution is 4.88. The molecule has 13 heavy (non-hydrogen) atoms. The Bertz CT molecular complexity index is 176. The normalized spacial score (nSPS) is 19.8. The lowest BCUT2D eigenvalue weighted by Gasteiger charge is -2.30. The molecule has 0 bridgehead atoms. The van der Waals surface area contributed by atoms with Crippen molar-refractivity contribution in [2.45, 2.75) is 25.7 Å². The molecule has 1 rings (SSSR count). The molecule has 1 heterocycles. The van der Waals surface area contributed by atoms with Crippen molar-refractivity contribution < 1.29 is 4.74 Å². The molecule has 0 saturated carbocycles. The van der Waals surface area contributed by atoms with E-state index >= 15 is 0 Å². The molecule has 3 nitrogen and oxygen atoms in total. The first-order valence-electron chi connectivity index (χ1n) is 4.76. The van der Waals surface area contributed by atoms with Crippen LogP contribution in [0.2, 0.25) is 0 Å². The van der Waals surface area contributed by atoms with Crippen LogP contribution in [0.25, 0.3) is 0 Å². The maximum atomic E-state index is 5.64. The molecule has 3 heteroatoms. The third kappa shape index (κ3) is 3.61. The van der Waals surface area contributed by atoms with Crippen LogP contribution < -0.4 is 10.6 Å². The van der Waals surface area contributed by atoms with Crippen LogP contribution in [0.5, 0.6) is 0 Å². The number of ether oxygens (including phenoxy) is 1. The van der Waals surface area contributed by atoms with Gasteiger partial charge in [-0.05, 0) is 18.7 Å². The predicted octanol–water partition coefficient (Wildman–Crippen LogP) is 1.00. The number of allylic oxidation sites excluding steroid dienone is 1. The number of hydrogen-bond acceptors (Lipinski definition) is 3. The van der Waals surface area contributed by atoms with Gasteiger partial charge in [-0.2, -0.15) is 0 Å². The second-order valence-electron chi connectivity index (χ2n) is 3.05. The van der Waals surface area contributed by atoms with Gasteiger partial charge in [0.1, 0.15) is 6.23 Å². The van der Waals surface area contributed by atoms with Crippen molar-refractivity contribution in [2.75, 3.05) is 13.1 Å². The van der Waals surface area contributed by atoms with Gasteiger partial charge in [-0.3, -0.25) is 0 Å². The van der Waals surface area contributed by atoms with Crippen molar-refractivity contribution >= 4 is 0 Å². The second kappa shape index (κ2) is 5.78. The Morgan fingerprint density at radius 1 is 1.69 bits per heavy atom. The molecule has 0 radical (unpaired) electrons. The molecule has 0 aromatic rings.